The first-order valence-corrected chi connectivity index (χ1v) is 7.31. The van der Waals surface area contributed by atoms with Crippen LogP contribution in [0.25, 0.3) is 11.6 Å². The van der Waals surface area contributed by atoms with Crippen molar-refractivity contribution in [3.63, 3.8) is 0 Å². The molecule has 130 valence electrons. The number of ether oxygens (including phenoxy) is 1. The van der Waals surface area contributed by atoms with Gasteiger partial charge in [0.1, 0.15) is 5.75 Å². The van der Waals surface area contributed by atoms with E-state index < -0.39 is 6.61 Å². The van der Waals surface area contributed by atoms with Crippen LogP contribution in [0.5, 0.6) is 5.75 Å². The van der Waals surface area contributed by atoms with E-state index in [1.165, 1.54) is 30.5 Å². The Balaban J connectivity index is 1.49. The summed E-state index contributed by atoms with van der Waals surface area (Å²) >= 11 is 0. The smallest absolute Gasteiger partial charge is 0.387 e. The molecule has 1 aromatic carbocycles. The number of furan rings is 1. The summed E-state index contributed by atoms with van der Waals surface area (Å²) in [5.74, 6) is 0.840. The lowest BCUT2D eigenvalue weighted by Gasteiger charge is -2.07. The van der Waals surface area contributed by atoms with Crippen LogP contribution in [-0.4, -0.2) is 22.7 Å². The fraction of sp³-hybridized carbons (Fsp3) is 0.188. The molecule has 0 aliphatic heterocycles. The zero-order valence-electron chi connectivity index (χ0n) is 12.8. The standard InChI is InChI=1S/C16H13F2N3O4/c17-16(18)24-11-5-3-10(4-6-11)19-13(22)7-8-14-20-15(21-25-14)12-2-1-9-23-12/h1-6,9,16H,7-8H2,(H,19,22). The Labute approximate surface area is 140 Å². The normalized spacial score (nSPS) is 10.8. The number of rotatable bonds is 7. The Morgan fingerprint density at radius 1 is 1.24 bits per heavy atom. The van der Waals surface area contributed by atoms with E-state index in [0.717, 1.165) is 0 Å². The molecule has 0 aliphatic carbocycles. The largest absolute Gasteiger partial charge is 0.461 e. The highest BCUT2D eigenvalue weighted by molar-refractivity contribution is 5.90. The number of aryl methyl sites for hydroxylation is 1. The molecular weight excluding hydrogens is 336 g/mol. The van der Waals surface area contributed by atoms with Crippen molar-refractivity contribution in [3.8, 4) is 17.3 Å². The lowest BCUT2D eigenvalue weighted by atomic mass is 10.2. The lowest BCUT2D eigenvalue weighted by Crippen LogP contribution is -2.12. The van der Waals surface area contributed by atoms with Crippen LogP contribution in [0.15, 0.2) is 51.6 Å². The van der Waals surface area contributed by atoms with E-state index in [4.69, 9.17) is 8.94 Å². The minimum atomic E-state index is -2.89. The predicted octanol–water partition coefficient (Wildman–Crippen LogP) is 3.50. The first kappa shape index (κ1) is 16.6. The first-order chi connectivity index (χ1) is 12.1. The van der Waals surface area contributed by atoms with Crippen LogP contribution in [0.1, 0.15) is 12.3 Å². The quantitative estimate of drug-likeness (QED) is 0.702. The maximum atomic E-state index is 12.1. The molecule has 0 saturated heterocycles. The van der Waals surface area contributed by atoms with Crippen LogP contribution in [0.3, 0.4) is 0 Å². The number of hydrogen-bond acceptors (Lipinski definition) is 6. The van der Waals surface area contributed by atoms with Gasteiger partial charge in [-0.15, -0.1) is 0 Å². The van der Waals surface area contributed by atoms with Crippen molar-refractivity contribution in [2.75, 3.05) is 5.32 Å². The number of carbonyl (C=O) groups excluding carboxylic acids is 1. The van der Waals surface area contributed by atoms with Gasteiger partial charge in [-0.1, -0.05) is 5.16 Å². The number of halogens is 2. The third-order valence-electron chi connectivity index (χ3n) is 3.14. The number of benzene rings is 1. The highest BCUT2D eigenvalue weighted by Gasteiger charge is 2.12. The number of alkyl halides is 2. The molecule has 3 aromatic rings. The highest BCUT2D eigenvalue weighted by atomic mass is 19.3. The van der Waals surface area contributed by atoms with Crippen molar-refractivity contribution in [2.45, 2.75) is 19.5 Å². The minimum Gasteiger partial charge on any atom is -0.461 e. The molecular formula is C16H13F2N3O4. The van der Waals surface area contributed by atoms with Crippen molar-refractivity contribution in [1.82, 2.24) is 10.1 Å². The van der Waals surface area contributed by atoms with Crippen molar-refractivity contribution in [2.24, 2.45) is 0 Å². The van der Waals surface area contributed by atoms with Gasteiger partial charge < -0.3 is 19.0 Å². The molecule has 0 saturated carbocycles. The van der Waals surface area contributed by atoms with Gasteiger partial charge in [-0.2, -0.15) is 13.8 Å². The van der Waals surface area contributed by atoms with E-state index >= 15 is 0 Å². The molecule has 1 amide bonds. The van der Waals surface area contributed by atoms with Gasteiger partial charge in [0.2, 0.25) is 17.6 Å². The van der Waals surface area contributed by atoms with Crippen molar-refractivity contribution < 1.29 is 27.3 Å². The number of carbonyl (C=O) groups is 1. The zero-order valence-corrected chi connectivity index (χ0v) is 12.8. The minimum absolute atomic E-state index is 0.0179. The summed E-state index contributed by atoms with van der Waals surface area (Å²) in [7, 11) is 0. The van der Waals surface area contributed by atoms with E-state index in [1.807, 2.05) is 0 Å². The van der Waals surface area contributed by atoms with Gasteiger partial charge in [0.25, 0.3) is 0 Å². The Bertz CT molecular complexity index is 816. The number of anilines is 1. The molecule has 3 rings (SSSR count). The fourth-order valence-corrected chi connectivity index (χ4v) is 2.03. The van der Waals surface area contributed by atoms with E-state index in [0.29, 0.717) is 23.2 Å². The Morgan fingerprint density at radius 3 is 2.72 bits per heavy atom. The van der Waals surface area contributed by atoms with Gasteiger partial charge in [-0.25, -0.2) is 0 Å². The number of hydrogen-bond donors (Lipinski definition) is 1. The molecule has 0 atom stereocenters. The third-order valence-corrected chi connectivity index (χ3v) is 3.14. The maximum Gasteiger partial charge on any atom is 0.387 e. The van der Waals surface area contributed by atoms with Gasteiger partial charge in [-0.3, -0.25) is 4.79 Å². The molecule has 9 heteroatoms. The van der Waals surface area contributed by atoms with Gasteiger partial charge in [0, 0.05) is 18.5 Å². The van der Waals surface area contributed by atoms with Crippen LogP contribution < -0.4 is 10.1 Å². The summed E-state index contributed by atoms with van der Waals surface area (Å²) in [6.07, 6.45) is 1.87. The summed E-state index contributed by atoms with van der Waals surface area (Å²) in [5.41, 5.74) is 0.466. The SMILES string of the molecule is O=C(CCc1nc(-c2ccco2)no1)Nc1ccc(OC(F)F)cc1. The Hall–Kier alpha value is -3.23. The first-order valence-electron chi connectivity index (χ1n) is 7.31. The summed E-state index contributed by atoms with van der Waals surface area (Å²) in [6, 6.07) is 9.03. The molecule has 0 aliphatic rings. The second-order valence-corrected chi connectivity index (χ2v) is 4.94. The van der Waals surface area contributed by atoms with Crippen LogP contribution >= 0.6 is 0 Å². The second kappa shape index (κ2) is 7.56. The third kappa shape index (κ3) is 4.63. The van der Waals surface area contributed by atoms with Crippen LogP contribution in [0.4, 0.5) is 14.5 Å². The number of aromatic nitrogens is 2. The topological polar surface area (TPSA) is 90.4 Å². The second-order valence-electron chi connectivity index (χ2n) is 4.94. The van der Waals surface area contributed by atoms with Gasteiger partial charge in [0.05, 0.1) is 6.26 Å². The number of nitrogens with zero attached hydrogens (tertiary/aromatic N) is 2. The molecule has 0 radical (unpaired) electrons. The maximum absolute atomic E-state index is 12.1. The van der Waals surface area contributed by atoms with Crippen molar-refractivity contribution in [1.29, 1.82) is 0 Å². The summed E-state index contributed by atoms with van der Waals surface area (Å²) in [4.78, 5) is 16.0. The molecule has 0 fully saturated rings. The highest BCUT2D eigenvalue weighted by Crippen LogP contribution is 2.19. The molecule has 2 heterocycles. The molecule has 2 aromatic heterocycles. The lowest BCUT2D eigenvalue weighted by molar-refractivity contribution is -0.116. The average molecular weight is 349 g/mol. The summed E-state index contributed by atoms with van der Waals surface area (Å²) < 4.78 is 38.6. The van der Waals surface area contributed by atoms with E-state index in [-0.39, 0.29) is 24.5 Å². The molecule has 1 N–H and O–H groups in total. The van der Waals surface area contributed by atoms with Gasteiger partial charge in [0.15, 0.2) is 5.76 Å². The summed E-state index contributed by atoms with van der Waals surface area (Å²) in [6.45, 7) is -2.89. The fourth-order valence-electron chi connectivity index (χ4n) is 2.03. The van der Waals surface area contributed by atoms with Crippen LogP contribution in [0, 0.1) is 0 Å². The molecule has 25 heavy (non-hydrogen) atoms. The van der Waals surface area contributed by atoms with Gasteiger partial charge in [-0.05, 0) is 36.4 Å². The van der Waals surface area contributed by atoms with Crippen molar-refractivity contribution in [3.05, 3.63) is 48.6 Å². The van der Waals surface area contributed by atoms with Gasteiger partial charge >= 0.3 is 6.61 Å². The van der Waals surface area contributed by atoms with Crippen LogP contribution in [0.2, 0.25) is 0 Å². The van der Waals surface area contributed by atoms with Crippen LogP contribution in [-0.2, 0) is 11.2 Å². The predicted molar refractivity (Wildman–Crippen MR) is 82.0 cm³/mol. The molecule has 0 bridgehead atoms. The Morgan fingerprint density at radius 2 is 2.04 bits per heavy atom. The average Bonchev–Trinajstić information content (AvgIpc) is 3.25. The van der Waals surface area contributed by atoms with E-state index in [2.05, 4.69) is 20.2 Å². The molecule has 0 unspecified atom stereocenters. The number of amides is 1. The van der Waals surface area contributed by atoms with E-state index in [9.17, 15) is 13.6 Å². The van der Waals surface area contributed by atoms with Crippen molar-refractivity contribution >= 4 is 11.6 Å². The monoisotopic (exact) mass is 349 g/mol. The Kier molecular flexibility index (Phi) is 5.03. The molecule has 7 nitrogen and oxygen atoms in total. The van der Waals surface area contributed by atoms with E-state index in [1.54, 1.807) is 12.1 Å². The zero-order chi connectivity index (χ0) is 17.6. The number of nitrogens with one attached hydrogen (secondary N) is 1. The molecule has 0 spiro atoms. The summed E-state index contributed by atoms with van der Waals surface area (Å²) in [5, 5.41) is 6.40.